The predicted octanol–water partition coefficient (Wildman–Crippen LogP) is 5.66. The second kappa shape index (κ2) is 17.1. The monoisotopic (exact) mass is 648 g/mol. The molecular weight excluding hydrogens is 588 g/mol. The third-order valence-electron chi connectivity index (χ3n) is 8.02. The summed E-state index contributed by atoms with van der Waals surface area (Å²) in [5.41, 5.74) is 5.88. The van der Waals surface area contributed by atoms with Crippen LogP contribution in [-0.4, -0.2) is 55.9 Å². The summed E-state index contributed by atoms with van der Waals surface area (Å²) in [7, 11) is -2.44. The fourth-order valence-corrected chi connectivity index (χ4v) is 6.00. The number of primary amides is 1. The summed E-state index contributed by atoms with van der Waals surface area (Å²) in [4.78, 5) is 52.4. The average Bonchev–Trinajstić information content (AvgIpc) is 2.87. The standard InChI is InChI=1S/C34H60N4O6Si/c1-22(2)18-26(37-32(42)43-33(5,6)7)27(44-45(11,12)34(8,9)10)19-25(20-28(35)39)30(40)38-29(23(3)4)31(41)36-21-24-16-14-13-15-17-24/h13-17,22-23,25-27,29H,18-21H2,1-12H3,(H2,35,39)(H,36,41)(H,37,42)(H,38,40)/t25-,26-,27-,29-/m0/s1. The Morgan fingerprint density at radius 1 is 0.867 bits per heavy atom. The Morgan fingerprint density at radius 2 is 1.44 bits per heavy atom. The minimum atomic E-state index is -2.44. The highest BCUT2D eigenvalue weighted by molar-refractivity contribution is 6.74. The van der Waals surface area contributed by atoms with E-state index in [1.165, 1.54) is 0 Å². The van der Waals surface area contributed by atoms with E-state index in [-0.39, 0.29) is 35.6 Å². The third kappa shape index (κ3) is 14.8. The van der Waals surface area contributed by atoms with Gasteiger partial charge in [0.1, 0.15) is 11.6 Å². The minimum Gasteiger partial charge on any atom is -0.444 e. The Kier molecular flexibility index (Phi) is 15.3. The highest BCUT2D eigenvalue weighted by Gasteiger charge is 2.43. The van der Waals surface area contributed by atoms with E-state index in [0.717, 1.165) is 5.56 Å². The number of amides is 4. The van der Waals surface area contributed by atoms with E-state index >= 15 is 0 Å². The Balaban J connectivity index is 3.40. The summed E-state index contributed by atoms with van der Waals surface area (Å²) in [6, 6.07) is 8.17. The van der Waals surface area contributed by atoms with Crippen molar-refractivity contribution >= 4 is 32.1 Å². The van der Waals surface area contributed by atoms with Crippen LogP contribution in [0.25, 0.3) is 0 Å². The number of hydrogen-bond donors (Lipinski definition) is 4. The van der Waals surface area contributed by atoms with E-state index in [4.69, 9.17) is 14.9 Å². The van der Waals surface area contributed by atoms with Crippen molar-refractivity contribution in [3.8, 4) is 0 Å². The van der Waals surface area contributed by atoms with E-state index in [1.54, 1.807) is 20.8 Å². The lowest BCUT2D eigenvalue weighted by molar-refractivity contribution is -0.134. The summed E-state index contributed by atoms with van der Waals surface area (Å²) in [6.07, 6.45) is -0.770. The fraction of sp³-hybridized carbons (Fsp3) is 0.706. The minimum absolute atomic E-state index is 0.116. The molecule has 0 fully saturated rings. The predicted molar refractivity (Wildman–Crippen MR) is 182 cm³/mol. The van der Waals surface area contributed by atoms with Gasteiger partial charge < -0.3 is 30.8 Å². The first kappa shape index (κ1) is 40.1. The number of rotatable bonds is 16. The smallest absolute Gasteiger partial charge is 0.407 e. The van der Waals surface area contributed by atoms with Gasteiger partial charge in [-0.3, -0.25) is 14.4 Å². The molecule has 0 heterocycles. The Morgan fingerprint density at radius 3 is 1.91 bits per heavy atom. The molecule has 0 aliphatic rings. The van der Waals surface area contributed by atoms with Crippen LogP contribution in [0.15, 0.2) is 30.3 Å². The number of nitrogens with one attached hydrogen (secondary N) is 3. The van der Waals surface area contributed by atoms with Crippen LogP contribution >= 0.6 is 0 Å². The Bertz CT molecular complexity index is 1110. The number of alkyl carbamates (subject to hydrolysis) is 1. The van der Waals surface area contributed by atoms with Crippen LogP contribution < -0.4 is 21.7 Å². The van der Waals surface area contributed by atoms with Crippen molar-refractivity contribution in [3.05, 3.63) is 35.9 Å². The van der Waals surface area contributed by atoms with E-state index < -0.39 is 55.9 Å². The summed E-state index contributed by atoms with van der Waals surface area (Å²) in [6.45, 7) is 24.0. The topological polar surface area (TPSA) is 149 Å². The molecule has 10 nitrogen and oxygen atoms in total. The van der Waals surface area contributed by atoms with Gasteiger partial charge in [-0.05, 0) is 69.1 Å². The van der Waals surface area contributed by atoms with Gasteiger partial charge in [-0.25, -0.2) is 4.79 Å². The second-order valence-corrected chi connectivity index (χ2v) is 20.1. The zero-order valence-corrected chi connectivity index (χ0v) is 30.7. The Hall–Kier alpha value is -2.92. The largest absolute Gasteiger partial charge is 0.444 e. The summed E-state index contributed by atoms with van der Waals surface area (Å²) in [5.74, 6) is -2.37. The lowest BCUT2D eigenvalue weighted by Gasteiger charge is -2.42. The highest BCUT2D eigenvalue weighted by atomic mass is 28.4. The van der Waals surface area contributed by atoms with Crippen molar-refractivity contribution in [2.45, 2.75) is 137 Å². The lowest BCUT2D eigenvalue weighted by Crippen LogP contribution is -2.55. The molecule has 5 N–H and O–H groups in total. The number of nitrogens with two attached hydrogens (primary N) is 1. The van der Waals surface area contributed by atoms with Crippen LogP contribution in [0, 0.1) is 17.8 Å². The van der Waals surface area contributed by atoms with Crippen LogP contribution in [0.3, 0.4) is 0 Å². The SMILES string of the molecule is CC(C)C[C@H](NC(=O)OC(C)(C)C)[C@H](C[C@@H](CC(N)=O)C(=O)N[C@H](C(=O)NCc1ccccc1)C(C)C)O[Si](C)(C)C(C)(C)C. The summed E-state index contributed by atoms with van der Waals surface area (Å²) >= 11 is 0. The van der Waals surface area contributed by atoms with Gasteiger partial charge in [0.15, 0.2) is 8.32 Å². The number of ether oxygens (including phenoxy) is 1. The maximum Gasteiger partial charge on any atom is 0.407 e. The molecule has 0 unspecified atom stereocenters. The molecule has 1 aromatic carbocycles. The van der Waals surface area contributed by atoms with Crippen molar-refractivity contribution in [1.29, 1.82) is 0 Å². The van der Waals surface area contributed by atoms with Gasteiger partial charge in [0, 0.05) is 18.9 Å². The molecule has 0 saturated carbocycles. The molecule has 45 heavy (non-hydrogen) atoms. The zero-order chi connectivity index (χ0) is 34.8. The van der Waals surface area contributed by atoms with Gasteiger partial charge in [-0.2, -0.15) is 0 Å². The summed E-state index contributed by atoms with van der Waals surface area (Å²) in [5, 5.41) is 8.65. The Labute approximate surface area is 272 Å². The molecule has 0 aromatic heterocycles. The first-order chi connectivity index (χ1) is 20.5. The van der Waals surface area contributed by atoms with E-state index in [2.05, 4.69) is 49.8 Å². The second-order valence-electron chi connectivity index (χ2n) is 15.3. The molecule has 4 atom stereocenters. The van der Waals surface area contributed by atoms with Crippen molar-refractivity contribution < 1.29 is 28.3 Å². The molecular formula is C34H60N4O6Si. The molecule has 11 heteroatoms. The quantitative estimate of drug-likeness (QED) is 0.170. The molecule has 1 rings (SSSR count). The highest BCUT2D eigenvalue weighted by Crippen LogP contribution is 2.39. The normalized spacial score (nSPS) is 15.2. The number of carbonyl (C=O) groups excluding carboxylic acids is 4. The maximum absolute atomic E-state index is 13.9. The van der Waals surface area contributed by atoms with Crippen LogP contribution in [0.2, 0.25) is 18.1 Å². The first-order valence-electron chi connectivity index (χ1n) is 16.1. The van der Waals surface area contributed by atoms with Gasteiger partial charge in [0.2, 0.25) is 17.7 Å². The third-order valence-corrected chi connectivity index (χ3v) is 12.5. The van der Waals surface area contributed by atoms with Gasteiger partial charge in [-0.1, -0.05) is 78.8 Å². The van der Waals surface area contributed by atoms with Crippen molar-refractivity contribution in [2.75, 3.05) is 0 Å². The van der Waals surface area contributed by atoms with E-state index in [0.29, 0.717) is 13.0 Å². The van der Waals surface area contributed by atoms with E-state index in [9.17, 15) is 19.2 Å². The molecule has 1 aromatic rings. The van der Waals surface area contributed by atoms with E-state index in [1.807, 2.05) is 58.0 Å². The van der Waals surface area contributed by atoms with Crippen molar-refractivity contribution in [3.63, 3.8) is 0 Å². The molecule has 0 radical (unpaired) electrons. The first-order valence-corrected chi connectivity index (χ1v) is 19.0. The molecule has 0 saturated heterocycles. The van der Waals surface area contributed by atoms with Gasteiger partial charge in [0.25, 0.3) is 0 Å². The zero-order valence-electron chi connectivity index (χ0n) is 29.7. The average molecular weight is 649 g/mol. The van der Waals surface area contributed by atoms with Crippen LogP contribution in [0.5, 0.6) is 0 Å². The van der Waals surface area contributed by atoms with Crippen molar-refractivity contribution in [1.82, 2.24) is 16.0 Å². The number of carbonyl (C=O) groups is 4. The van der Waals surface area contributed by atoms with Gasteiger partial charge in [-0.15, -0.1) is 0 Å². The van der Waals surface area contributed by atoms with Crippen molar-refractivity contribution in [2.24, 2.45) is 23.5 Å². The van der Waals surface area contributed by atoms with Crippen LogP contribution in [0.4, 0.5) is 4.79 Å². The molecule has 0 spiro atoms. The molecule has 0 aliphatic heterocycles. The molecule has 256 valence electrons. The molecule has 4 amide bonds. The van der Waals surface area contributed by atoms with Gasteiger partial charge >= 0.3 is 6.09 Å². The fourth-order valence-electron chi connectivity index (χ4n) is 4.63. The van der Waals surface area contributed by atoms with Crippen LogP contribution in [-0.2, 0) is 30.1 Å². The summed E-state index contributed by atoms with van der Waals surface area (Å²) < 4.78 is 12.5. The van der Waals surface area contributed by atoms with Crippen LogP contribution in [0.1, 0.15) is 94.1 Å². The maximum atomic E-state index is 13.9. The number of benzene rings is 1. The molecule has 0 aliphatic carbocycles. The lowest BCUT2D eigenvalue weighted by atomic mass is 9.89. The molecule has 0 bridgehead atoms. The number of hydrogen-bond acceptors (Lipinski definition) is 6. The van der Waals surface area contributed by atoms with Gasteiger partial charge in [0.05, 0.1) is 12.1 Å².